The predicted octanol–water partition coefficient (Wildman–Crippen LogP) is 5.29. The fourth-order valence-electron chi connectivity index (χ4n) is 3.57. The first kappa shape index (κ1) is 19.6. The molecule has 0 bridgehead atoms. The molecular weight excluding hydrogens is 412 g/mol. The van der Waals surface area contributed by atoms with Crippen LogP contribution in [0.25, 0.3) is 11.1 Å². The second-order valence-corrected chi connectivity index (χ2v) is 8.15. The molecule has 31 heavy (non-hydrogen) atoms. The molecular formula is C24H21ClN4O2. The van der Waals surface area contributed by atoms with Gasteiger partial charge in [0, 0.05) is 42.1 Å². The molecule has 0 saturated heterocycles. The van der Waals surface area contributed by atoms with Crippen molar-refractivity contribution >= 4 is 34.6 Å². The lowest BCUT2D eigenvalue weighted by molar-refractivity contribution is 0.0730. The molecule has 0 spiro atoms. The van der Waals surface area contributed by atoms with Crippen molar-refractivity contribution in [2.24, 2.45) is 0 Å². The van der Waals surface area contributed by atoms with Crippen LogP contribution < -0.4 is 5.32 Å². The van der Waals surface area contributed by atoms with Crippen LogP contribution in [-0.2, 0) is 13.1 Å². The number of benzene rings is 2. The highest BCUT2D eigenvalue weighted by Gasteiger charge is 2.33. The number of rotatable bonds is 7. The van der Waals surface area contributed by atoms with Crippen molar-refractivity contribution < 1.29 is 9.21 Å². The maximum Gasteiger partial charge on any atom is 0.295 e. The average molecular weight is 433 g/mol. The van der Waals surface area contributed by atoms with Crippen molar-refractivity contribution in [1.29, 1.82) is 0 Å². The van der Waals surface area contributed by atoms with Crippen molar-refractivity contribution in [2.45, 2.75) is 32.0 Å². The zero-order valence-electron chi connectivity index (χ0n) is 16.8. The molecule has 156 valence electrons. The quantitative estimate of drug-likeness (QED) is 0.429. The summed E-state index contributed by atoms with van der Waals surface area (Å²) in [7, 11) is 0. The van der Waals surface area contributed by atoms with Gasteiger partial charge in [-0.1, -0.05) is 29.8 Å². The molecule has 0 radical (unpaired) electrons. The van der Waals surface area contributed by atoms with Crippen LogP contribution in [0.5, 0.6) is 0 Å². The number of amides is 1. The highest BCUT2D eigenvalue weighted by molar-refractivity contribution is 6.30. The highest BCUT2D eigenvalue weighted by atomic mass is 35.5. The summed E-state index contributed by atoms with van der Waals surface area (Å²) in [6, 6.07) is 17.6. The Morgan fingerprint density at radius 2 is 2.00 bits per heavy atom. The number of fused-ring (bicyclic) bond motifs is 1. The van der Waals surface area contributed by atoms with Crippen LogP contribution in [0.2, 0.25) is 5.02 Å². The van der Waals surface area contributed by atoms with Crippen LogP contribution in [-0.4, -0.2) is 26.8 Å². The van der Waals surface area contributed by atoms with Crippen molar-refractivity contribution in [3.8, 4) is 0 Å². The van der Waals surface area contributed by atoms with E-state index in [9.17, 15) is 4.79 Å². The smallest absolute Gasteiger partial charge is 0.295 e. The molecule has 6 nitrogen and oxygen atoms in total. The number of pyridine rings is 1. The molecule has 5 rings (SSSR count). The molecule has 1 N–H and O–H groups in total. The first-order valence-electron chi connectivity index (χ1n) is 10.2. The molecule has 7 heteroatoms. The molecule has 1 fully saturated rings. The van der Waals surface area contributed by atoms with E-state index in [0.29, 0.717) is 40.8 Å². The predicted molar refractivity (Wildman–Crippen MR) is 120 cm³/mol. The molecule has 1 saturated carbocycles. The lowest BCUT2D eigenvalue weighted by atomic mass is 10.1. The second-order valence-electron chi connectivity index (χ2n) is 7.71. The van der Waals surface area contributed by atoms with Gasteiger partial charge in [-0.15, -0.1) is 0 Å². The van der Waals surface area contributed by atoms with Crippen LogP contribution in [0, 0.1) is 0 Å². The Bertz CT molecular complexity index is 1220. The fraction of sp³-hybridized carbons (Fsp3) is 0.208. The normalized spacial score (nSPS) is 13.3. The Balaban J connectivity index is 1.33. The highest BCUT2D eigenvalue weighted by Crippen LogP contribution is 2.30. The number of hydrogen-bond donors (Lipinski definition) is 1. The van der Waals surface area contributed by atoms with E-state index in [1.807, 2.05) is 41.3 Å². The van der Waals surface area contributed by atoms with Crippen LogP contribution in [0.1, 0.15) is 34.3 Å². The largest absolute Gasteiger partial charge is 0.424 e. The second kappa shape index (κ2) is 8.40. The number of anilines is 1. The Morgan fingerprint density at radius 3 is 2.77 bits per heavy atom. The SMILES string of the molecule is O=C(c1ccc2oc(NCc3cccc(Cl)c3)nc2c1)N(Cc1cccnc1)C1CC1. The van der Waals surface area contributed by atoms with Gasteiger partial charge in [-0.3, -0.25) is 9.78 Å². The van der Waals surface area contributed by atoms with E-state index in [1.165, 1.54) is 0 Å². The molecule has 0 atom stereocenters. The molecule has 2 aromatic carbocycles. The van der Waals surface area contributed by atoms with Gasteiger partial charge in [0.25, 0.3) is 11.9 Å². The first-order valence-corrected chi connectivity index (χ1v) is 10.6. The van der Waals surface area contributed by atoms with E-state index in [4.69, 9.17) is 16.0 Å². The summed E-state index contributed by atoms with van der Waals surface area (Å²) < 4.78 is 5.78. The monoisotopic (exact) mass is 432 g/mol. The topological polar surface area (TPSA) is 71.3 Å². The standard InChI is InChI=1S/C24H21ClN4O2/c25-19-5-1-3-16(11-19)14-27-24-28-21-12-18(6-9-22(21)31-24)23(30)29(20-7-8-20)15-17-4-2-10-26-13-17/h1-6,9-13,20H,7-8,14-15H2,(H,27,28). The summed E-state index contributed by atoms with van der Waals surface area (Å²) in [4.78, 5) is 23.8. The number of aromatic nitrogens is 2. The van der Waals surface area contributed by atoms with E-state index >= 15 is 0 Å². The first-order chi connectivity index (χ1) is 15.2. The number of halogens is 1. The zero-order valence-corrected chi connectivity index (χ0v) is 17.5. The summed E-state index contributed by atoms with van der Waals surface area (Å²) in [5.74, 6) is 0.00434. The van der Waals surface area contributed by atoms with Gasteiger partial charge < -0.3 is 14.6 Å². The van der Waals surface area contributed by atoms with Crippen molar-refractivity contribution in [1.82, 2.24) is 14.9 Å². The number of carbonyl (C=O) groups excluding carboxylic acids is 1. The average Bonchev–Trinajstić information content (AvgIpc) is 3.55. The number of nitrogens with zero attached hydrogens (tertiary/aromatic N) is 3. The van der Waals surface area contributed by atoms with E-state index in [1.54, 1.807) is 30.6 Å². The Labute approximate surface area is 184 Å². The van der Waals surface area contributed by atoms with Gasteiger partial charge in [-0.05, 0) is 60.4 Å². The van der Waals surface area contributed by atoms with Crippen molar-refractivity contribution in [3.05, 3.63) is 88.7 Å². The Morgan fingerprint density at radius 1 is 1.13 bits per heavy atom. The minimum atomic E-state index is 0.00434. The number of oxazole rings is 1. The third-order valence-corrected chi connectivity index (χ3v) is 5.53. The number of carbonyl (C=O) groups is 1. The van der Waals surface area contributed by atoms with Gasteiger partial charge >= 0.3 is 0 Å². The van der Waals surface area contributed by atoms with Crippen molar-refractivity contribution in [2.75, 3.05) is 5.32 Å². The van der Waals surface area contributed by atoms with E-state index in [0.717, 1.165) is 24.0 Å². The molecule has 0 unspecified atom stereocenters. The summed E-state index contributed by atoms with van der Waals surface area (Å²) in [6.45, 7) is 1.10. The van der Waals surface area contributed by atoms with Crippen LogP contribution in [0.15, 0.2) is 71.4 Å². The van der Waals surface area contributed by atoms with Gasteiger partial charge in [0.05, 0.1) is 0 Å². The third kappa shape index (κ3) is 4.54. The summed E-state index contributed by atoms with van der Waals surface area (Å²) in [5.41, 5.74) is 3.95. The van der Waals surface area contributed by atoms with E-state index < -0.39 is 0 Å². The van der Waals surface area contributed by atoms with Crippen molar-refractivity contribution in [3.63, 3.8) is 0 Å². The van der Waals surface area contributed by atoms with Crippen LogP contribution >= 0.6 is 11.6 Å². The summed E-state index contributed by atoms with van der Waals surface area (Å²) >= 11 is 6.03. The molecule has 1 aliphatic rings. The molecule has 0 aliphatic heterocycles. The lowest BCUT2D eigenvalue weighted by Crippen LogP contribution is -2.32. The molecule has 1 aliphatic carbocycles. The van der Waals surface area contributed by atoms with Gasteiger partial charge in [-0.2, -0.15) is 4.98 Å². The minimum Gasteiger partial charge on any atom is -0.424 e. The summed E-state index contributed by atoms with van der Waals surface area (Å²) in [5, 5.41) is 3.86. The van der Waals surface area contributed by atoms with Crippen LogP contribution in [0.4, 0.5) is 6.01 Å². The number of hydrogen-bond acceptors (Lipinski definition) is 5. The van der Waals surface area contributed by atoms with Gasteiger partial charge in [0.2, 0.25) is 0 Å². The number of nitrogens with one attached hydrogen (secondary N) is 1. The zero-order chi connectivity index (χ0) is 21.2. The minimum absolute atomic E-state index is 0.00434. The molecule has 2 aromatic heterocycles. The molecule has 2 heterocycles. The summed E-state index contributed by atoms with van der Waals surface area (Å²) in [6.07, 6.45) is 5.62. The third-order valence-electron chi connectivity index (χ3n) is 5.29. The van der Waals surface area contributed by atoms with Crippen LogP contribution in [0.3, 0.4) is 0 Å². The van der Waals surface area contributed by atoms with E-state index in [2.05, 4.69) is 15.3 Å². The van der Waals surface area contributed by atoms with Gasteiger partial charge in [0.15, 0.2) is 5.58 Å². The Kier molecular flexibility index (Phi) is 5.30. The lowest BCUT2D eigenvalue weighted by Gasteiger charge is -2.22. The maximum atomic E-state index is 13.2. The van der Waals surface area contributed by atoms with Gasteiger partial charge in [-0.25, -0.2) is 0 Å². The maximum absolute atomic E-state index is 13.2. The van der Waals surface area contributed by atoms with E-state index in [-0.39, 0.29) is 11.9 Å². The van der Waals surface area contributed by atoms with Gasteiger partial charge in [0.1, 0.15) is 5.52 Å². The molecule has 1 amide bonds. The molecule has 4 aromatic rings. The fourth-order valence-corrected chi connectivity index (χ4v) is 3.78. The Hall–Kier alpha value is -3.38.